The lowest BCUT2D eigenvalue weighted by atomic mass is 10.2. The Kier molecular flexibility index (Phi) is 2.98. The van der Waals surface area contributed by atoms with Crippen LogP contribution in [0.3, 0.4) is 0 Å². The molecule has 21 heavy (non-hydrogen) atoms. The molecule has 4 rings (SSSR count). The van der Waals surface area contributed by atoms with Gasteiger partial charge in [-0.2, -0.15) is 5.10 Å². The van der Waals surface area contributed by atoms with Crippen LogP contribution in [0, 0.1) is 5.92 Å². The standard InChI is InChI=1S/C16H18N4O/c21-16(12-4-5-12)19-7-2-8-20-14(11-19)9-15(18-20)13-3-1-6-17-10-13/h1,3,6,9-10,12H,2,4-5,7-8,11H2. The number of aromatic nitrogens is 3. The minimum absolute atomic E-state index is 0.289. The number of pyridine rings is 1. The second kappa shape index (κ2) is 4.98. The number of fused-ring (bicyclic) bond motifs is 1. The lowest BCUT2D eigenvalue weighted by Crippen LogP contribution is -2.31. The summed E-state index contributed by atoms with van der Waals surface area (Å²) < 4.78 is 2.04. The van der Waals surface area contributed by atoms with Crippen molar-refractivity contribution in [2.45, 2.75) is 32.4 Å². The summed E-state index contributed by atoms with van der Waals surface area (Å²) in [6.07, 6.45) is 6.70. The van der Waals surface area contributed by atoms with Crippen LogP contribution in [0.4, 0.5) is 0 Å². The monoisotopic (exact) mass is 282 g/mol. The highest BCUT2D eigenvalue weighted by Gasteiger charge is 2.34. The van der Waals surface area contributed by atoms with Crippen LogP contribution in [0.25, 0.3) is 11.3 Å². The average molecular weight is 282 g/mol. The normalized spacial score (nSPS) is 18.2. The van der Waals surface area contributed by atoms with Gasteiger partial charge in [0.2, 0.25) is 5.91 Å². The summed E-state index contributed by atoms with van der Waals surface area (Å²) in [5.74, 6) is 0.616. The maximum atomic E-state index is 12.3. The van der Waals surface area contributed by atoms with E-state index in [4.69, 9.17) is 0 Å². The zero-order valence-electron chi connectivity index (χ0n) is 11.9. The summed E-state index contributed by atoms with van der Waals surface area (Å²) in [4.78, 5) is 18.4. The van der Waals surface area contributed by atoms with Gasteiger partial charge in [-0.1, -0.05) is 0 Å². The predicted octanol–water partition coefficient (Wildman–Crippen LogP) is 2.09. The van der Waals surface area contributed by atoms with E-state index in [1.54, 1.807) is 6.20 Å². The molecule has 0 spiro atoms. The highest BCUT2D eigenvalue weighted by Crippen LogP contribution is 2.32. The predicted molar refractivity (Wildman–Crippen MR) is 78.2 cm³/mol. The lowest BCUT2D eigenvalue weighted by Gasteiger charge is -2.19. The quantitative estimate of drug-likeness (QED) is 0.847. The number of hydrogen-bond donors (Lipinski definition) is 0. The molecule has 0 saturated heterocycles. The molecule has 0 radical (unpaired) electrons. The van der Waals surface area contributed by atoms with Gasteiger partial charge in [0.1, 0.15) is 0 Å². The summed E-state index contributed by atoms with van der Waals surface area (Å²) >= 11 is 0. The maximum Gasteiger partial charge on any atom is 0.226 e. The van der Waals surface area contributed by atoms with Gasteiger partial charge in [0.25, 0.3) is 0 Å². The first-order chi connectivity index (χ1) is 10.3. The fraction of sp³-hybridized carbons (Fsp3) is 0.438. The van der Waals surface area contributed by atoms with Crippen molar-refractivity contribution in [3.63, 3.8) is 0 Å². The Labute approximate surface area is 123 Å². The van der Waals surface area contributed by atoms with E-state index in [2.05, 4.69) is 16.1 Å². The van der Waals surface area contributed by atoms with Crippen LogP contribution in [0.5, 0.6) is 0 Å². The van der Waals surface area contributed by atoms with E-state index in [1.807, 2.05) is 27.9 Å². The van der Waals surface area contributed by atoms with Gasteiger partial charge >= 0.3 is 0 Å². The molecule has 0 aromatic carbocycles. The maximum absolute atomic E-state index is 12.3. The van der Waals surface area contributed by atoms with E-state index in [1.165, 1.54) is 0 Å². The fourth-order valence-corrected chi connectivity index (χ4v) is 2.89. The van der Waals surface area contributed by atoms with Crippen LogP contribution in [0.2, 0.25) is 0 Å². The third-order valence-corrected chi connectivity index (χ3v) is 4.21. The molecule has 2 aromatic rings. The summed E-state index contributed by atoms with van der Waals surface area (Å²) in [5, 5.41) is 4.67. The first kappa shape index (κ1) is 12.6. The molecule has 0 atom stereocenters. The molecule has 1 aliphatic heterocycles. The molecule has 108 valence electrons. The Hall–Kier alpha value is -2.17. The van der Waals surface area contributed by atoms with E-state index in [9.17, 15) is 4.79 Å². The van der Waals surface area contributed by atoms with E-state index in [-0.39, 0.29) is 5.92 Å². The molecule has 0 unspecified atom stereocenters. The number of rotatable bonds is 2. The number of carbonyl (C=O) groups is 1. The highest BCUT2D eigenvalue weighted by molar-refractivity contribution is 5.81. The third-order valence-electron chi connectivity index (χ3n) is 4.21. The molecule has 1 saturated carbocycles. The van der Waals surface area contributed by atoms with Crippen molar-refractivity contribution in [1.82, 2.24) is 19.7 Å². The van der Waals surface area contributed by atoms with Crippen molar-refractivity contribution >= 4 is 5.91 Å². The van der Waals surface area contributed by atoms with E-state index < -0.39 is 0 Å². The Morgan fingerprint density at radius 2 is 2.19 bits per heavy atom. The summed E-state index contributed by atoms with van der Waals surface area (Å²) in [7, 11) is 0. The van der Waals surface area contributed by atoms with E-state index in [0.29, 0.717) is 12.5 Å². The minimum Gasteiger partial charge on any atom is -0.337 e. The molecule has 0 N–H and O–H groups in total. The summed E-state index contributed by atoms with van der Waals surface area (Å²) in [6, 6.07) is 6.03. The van der Waals surface area contributed by atoms with Gasteiger partial charge in [0.15, 0.2) is 0 Å². The second-order valence-electron chi connectivity index (χ2n) is 5.87. The molecule has 1 aliphatic carbocycles. The van der Waals surface area contributed by atoms with Crippen molar-refractivity contribution in [1.29, 1.82) is 0 Å². The van der Waals surface area contributed by atoms with Gasteiger partial charge in [-0.15, -0.1) is 0 Å². The molecular formula is C16H18N4O. The van der Waals surface area contributed by atoms with Gasteiger partial charge in [0.05, 0.1) is 17.9 Å². The van der Waals surface area contributed by atoms with Crippen molar-refractivity contribution in [2.75, 3.05) is 6.54 Å². The van der Waals surface area contributed by atoms with Gasteiger partial charge < -0.3 is 4.90 Å². The topological polar surface area (TPSA) is 51.0 Å². The van der Waals surface area contributed by atoms with Crippen LogP contribution < -0.4 is 0 Å². The van der Waals surface area contributed by atoms with Crippen molar-refractivity contribution in [3.05, 3.63) is 36.3 Å². The molecule has 5 heteroatoms. The Bertz CT molecular complexity index is 660. The molecular weight excluding hydrogens is 264 g/mol. The number of carbonyl (C=O) groups excluding carboxylic acids is 1. The third kappa shape index (κ3) is 2.44. The molecule has 0 bridgehead atoms. The molecule has 2 aromatic heterocycles. The van der Waals surface area contributed by atoms with Crippen LogP contribution in [-0.2, 0) is 17.9 Å². The largest absolute Gasteiger partial charge is 0.337 e. The second-order valence-corrected chi connectivity index (χ2v) is 5.87. The Morgan fingerprint density at radius 3 is 2.95 bits per heavy atom. The first-order valence-corrected chi connectivity index (χ1v) is 7.57. The molecule has 1 fully saturated rings. The molecule has 5 nitrogen and oxygen atoms in total. The van der Waals surface area contributed by atoms with Crippen LogP contribution in [0.15, 0.2) is 30.6 Å². The first-order valence-electron chi connectivity index (χ1n) is 7.57. The Morgan fingerprint density at radius 1 is 1.29 bits per heavy atom. The Balaban J connectivity index is 1.61. The van der Waals surface area contributed by atoms with E-state index in [0.717, 1.165) is 49.3 Å². The number of nitrogens with zero attached hydrogens (tertiary/aromatic N) is 4. The van der Waals surface area contributed by atoms with Crippen molar-refractivity contribution < 1.29 is 4.79 Å². The number of hydrogen-bond acceptors (Lipinski definition) is 3. The van der Waals surface area contributed by atoms with Gasteiger partial charge in [-0.05, 0) is 37.5 Å². The summed E-state index contributed by atoms with van der Waals surface area (Å²) in [6.45, 7) is 2.41. The summed E-state index contributed by atoms with van der Waals surface area (Å²) in [5.41, 5.74) is 3.09. The molecule has 1 amide bonds. The SMILES string of the molecule is O=C(C1CC1)N1CCCn2nc(-c3cccnc3)cc2C1. The lowest BCUT2D eigenvalue weighted by molar-refractivity contribution is -0.133. The molecule has 2 aliphatic rings. The van der Waals surface area contributed by atoms with Gasteiger partial charge in [0, 0.05) is 37.0 Å². The van der Waals surface area contributed by atoms with Crippen molar-refractivity contribution in [2.24, 2.45) is 5.92 Å². The highest BCUT2D eigenvalue weighted by atomic mass is 16.2. The van der Waals surface area contributed by atoms with E-state index >= 15 is 0 Å². The van der Waals surface area contributed by atoms with Gasteiger partial charge in [-0.25, -0.2) is 0 Å². The average Bonchev–Trinajstić information content (AvgIpc) is 3.32. The zero-order chi connectivity index (χ0) is 14.2. The fourth-order valence-electron chi connectivity index (χ4n) is 2.89. The zero-order valence-corrected chi connectivity index (χ0v) is 11.9. The smallest absolute Gasteiger partial charge is 0.226 e. The van der Waals surface area contributed by atoms with Crippen LogP contribution in [-0.4, -0.2) is 32.1 Å². The molecule has 3 heterocycles. The van der Waals surface area contributed by atoms with Crippen LogP contribution >= 0.6 is 0 Å². The van der Waals surface area contributed by atoms with Crippen LogP contribution in [0.1, 0.15) is 25.0 Å². The number of aryl methyl sites for hydroxylation is 1. The van der Waals surface area contributed by atoms with Crippen molar-refractivity contribution in [3.8, 4) is 11.3 Å². The number of amides is 1. The van der Waals surface area contributed by atoms with Gasteiger partial charge in [-0.3, -0.25) is 14.5 Å². The minimum atomic E-state index is 0.289.